The lowest BCUT2D eigenvalue weighted by atomic mass is 9.39. The van der Waals surface area contributed by atoms with E-state index in [1.807, 2.05) is 12.1 Å². The monoisotopic (exact) mass is 440 g/mol. The van der Waals surface area contributed by atoms with Crippen LogP contribution in [0.3, 0.4) is 0 Å². The van der Waals surface area contributed by atoms with Crippen molar-refractivity contribution in [3.05, 3.63) is 65.7 Å². The summed E-state index contributed by atoms with van der Waals surface area (Å²) in [5.41, 5.74) is 5.19. The molecule has 3 aromatic rings. The third-order valence-electron chi connectivity index (χ3n) is 8.82. The van der Waals surface area contributed by atoms with Crippen molar-refractivity contribution in [2.45, 2.75) is 57.8 Å². The molecule has 0 saturated heterocycles. The van der Waals surface area contributed by atoms with Gasteiger partial charge >= 0.3 is 5.97 Å². The van der Waals surface area contributed by atoms with Crippen LogP contribution in [0.1, 0.15) is 68.3 Å². The molecule has 0 amide bonds. The SMILES string of the molecule is COc1ccc(-c2ccc3cc(C(=O)O)ccc3c2)cc1C12CC3CC(C)(CC(C)(C3)C1)C2. The van der Waals surface area contributed by atoms with Crippen molar-refractivity contribution in [2.24, 2.45) is 16.7 Å². The van der Waals surface area contributed by atoms with Crippen molar-refractivity contribution < 1.29 is 14.6 Å². The van der Waals surface area contributed by atoms with Crippen LogP contribution in [0, 0.1) is 16.7 Å². The summed E-state index contributed by atoms with van der Waals surface area (Å²) in [5.74, 6) is 0.965. The van der Waals surface area contributed by atoms with Crippen LogP contribution in [0.4, 0.5) is 0 Å². The van der Waals surface area contributed by atoms with Crippen LogP contribution in [-0.2, 0) is 5.41 Å². The van der Waals surface area contributed by atoms with E-state index in [0.717, 1.165) is 28.0 Å². The Morgan fingerprint density at radius 2 is 1.48 bits per heavy atom. The van der Waals surface area contributed by atoms with Crippen molar-refractivity contribution in [2.75, 3.05) is 7.11 Å². The van der Waals surface area contributed by atoms with Gasteiger partial charge in [-0.25, -0.2) is 4.79 Å². The smallest absolute Gasteiger partial charge is 0.335 e. The Hall–Kier alpha value is -2.81. The number of fused-ring (bicyclic) bond motifs is 1. The third-order valence-corrected chi connectivity index (χ3v) is 8.82. The van der Waals surface area contributed by atoms with Crippen molar-refractivity contribution in [1.82, 2.24) is 0 Å². The van der Waals surface area contributed by atoms with Crippen LogP contribution in [0.5, 0.6) is 5.75 Å². The molecule has 7 rings (SSSR count). The molecule has 0 aromatic heterocycles. The zero-order chi connectivity index (χ0) is 23.0. The molecule has 2 atom stereocenters. The Labute approximate surface area is 195 Å². The predicted octanol–water partition coefficient (Wildman–Crippen LogP) is 7.46. The minimum Gasteiger partial charge on any atom is -0.496 e. The summed E-state index contributed by atoms with van der Waals surface area (Å²) >= 11 is 0. The molecule has 2 unspecified atom stereocenters. The molecule has 4 bridgehead atoms. The van der Waals surface area contributed by atoms with Gasteiger partial charge in [0.1, 0.15) is 5.75 Å². The number of carbonyl (C=O) groups is 1. The molecule has 0 aliphatic heterocycles. The van der Waals surface area contributed by atoms with E-state index >= 15 is 0 Å². The van der Waals surface area contributed by atoms with E-state index in [4.69, 9.17) is 4.74 Å². The van der Waals surface area contributed by atoms with Crippen molar-refractivity contribution in [3.63, 3.8) is 0 Å². The van der Waals surface area contributed by atoms with E-state index in [0.29, 0.717) is 16.4 Å². The van der Waals surface area contributed by atoms with Gasteiger partial charge in [-0.2, -0.15) is 0 Å². The van der Waals surface area contributed by atoms with Gasteiger partial charge in [0.15, 0.2) is 0 Å². The first-order valence-corrected chi connectivity index (χ1v) is 12.2. The molecular formula is C30H32O3. The number of hydrogen-bond donors (Lipinski definition) is 1. The highest BCUT2D eigenvalue weighted by Gasteiger charge is 2.61. The number of hydrogen-bond acceptors (Lipinski definition) is 2. The molecule has 4 saturated carbocycles. The summed E-state index contributed by atoms with van der Waals surface area (Å²) in [4.78, 5) is 11.3. The lowest BCUT2D eigenvalue weighted by Crippen LogP contribution is -2.56. The first-order chi connectivity index (χ1) is 15.7. The number of rotatable bonds is 4. The largest absolute Gasteiger partial charge is 0.496 e. The number of carboxylic acid groups (broad SMARTS) is 1. The first-order valence-electron chi connectivity index (χ1n) is 12.2. The number of carboxylic acids is 1. The molecule has 1 N–H and O–H groups in total. The average Bonchev–Trinajstić information content (AvgIpc) is 2.75. The molecule has 33 heavy (non-hydrogen) atoms. The molecule has 4 aliphatic rings. The van der Waals surface area contributed by atoms with Gasteiger partial charge in [0, 0.05) is 11.0 Å². The molecule has 0 radical (unpaired) electrons. The fourth-order valence-corrected chi connectivity index (χ4v) is 8.61. The number of benzene rings is 3. The minimum atomic E-state index is -0.890. The average molecular weight is 441 g/mol. The lowest BCUT2D eigenvalue weighted by Gasteiger charge is -2.65. The predicted molar refractivity (Wildman–Crippen MR) is 132 cm³/mol. The van der Waals surface area contributed by atoms with Gasteiger partial charge < -0.3 is 9.84 Å². The Kier molecular flexibility index (Phi) is 4.31. The van der Waals surface area contributed by atoms with Crippen LogP contribution in [0.15, 0.2) is 54.6 Å². The first kappa shape index (κ1) is 20.8. The molecule has 4 aliphatic carbocycles. The Balaban J connectivity index is 1.45. The second-order valence-electron chi connectivity index (χ2n) is 11.9. The Morgan fingerprint density at radius 3 is 2.15 bits per heavy atom. The normalized spacial score (nSPS) is 32.3. The van der Waals surface area contributed by atoms with Gasteiger partial charge in [-0.1, -0.05) is 38.1 Å². The molecule has 170 valence electrons. The quantitative estimate of drug-likeness (QED) is 0.458. The summed E-state index contributed by atoms with van der Waals surface area (Å²) in [7, 11) is 1.80. The van der Waals surface area contributed by atoms with Crippen molar-refractivity contribution in [3.8, 4) is 16.9 Å². The topological polar surface area (TPSA) is 46.5 Å². The van der Waals surface area contributed by atoms with Gasteiger partial charge in [-0.15, -0.1) is 0 Å². The minimum absolute atomic E-state index is 0.206. The summed E-state index contributed by atoms with van der Waals surface area (Å²) in [6, 6.07) is 18.4. The Morgan fingerprint density at radius 1 is 0.848 bits per heavy atom. The van der Waals surface area contributed by atoms with Crippen LogP contribution in [0.25, 0.3) is 21.9 Å². The summed E-state index contributed by atoms with van der Waals surface area (Å²) < 4.78 is 5.94. The van der Waals surface area contributed by atoms with Gasteiger partial charge in [-0.05, 0) is 108 Å². The maximum Gasteiger partial charge on any atom is 0.335 e. The molecule has 0 heterocycles. The third kappa shape index (κ3) is 3.27. The second-order valence-corrected chi connectivity index (χ2v) is 11.9. The Bertz CT molecular complexity index is 1270. The number of ether oxygens (including phenoxy) is 1. The van der Waals surface area contributed by atoms with Crippen LogP contribution >= 0.6 is 0 Å². The van der Waals surface area contributed by atoms with E-state index in [1.54, 1.807) is 19.2 Å². The molecule has 3 aromatic carbocycles. The molecule has 4 fully saturated rings. The van der Waals surface area contributed by atoms with E-state index in [9.17, 15) is 9.90 Å². The maximum absolute atomic E-state index is 11.3. The van der Waals surface area contributed by atoms with Crippen molar-refractivity contribution in [1.29, 1.82) is 0 Å². The van der Waals surface area contributed by atoms with E-state index in [-0.39, 0.29) is 5.41 Å². The zero-order valence-corrected chi connectivity index (χ0v) is 19.8. The molecule has 3 nitrogen and oxygen atoms in total. The summed E-state index contributed by atoms with van der Waals surface area (Å²) in [5, 5.41) is 11.3. The van der Waals surface area contributed by atoms with Gasteiger partial charge in [0.25, 0.3) is 0 Å². The highest BCUT2D eigenvalue weighted by atomic mass is 16.5. The molecule has 0 spiro atoms. The van der Waals surface area contributed by atoms with E-state index < -0.39 is 5.97 Å². The zero-order valence-electron chi connectivity index (χ0n) is 19.8. The van der Waals surface area contributed by atoms with Gasteiger partial charge in [0.2, 0.25) is 0 Å². The van der Waals surface area contributed by atoms with Crippen molar-refractivity contribution >= 4 is 16.7 Å². The van der Waals surface area contributed by atoms with Gasteiger partial charge in [-0.3, -0.25) is 0 Å². The number of methoxy groups -OCH3 is 1. The van der Waals surface area contributed by atoms with E-state index in [1.165, 1.54) is 49.7 Å². The maximum atomic E-state index is 11.3. The highest BCUT2D eigenvalue weighted by Crippen LogP contribution is 2.70. The molecular weight excluding hydrogens is 408 g/mol. The van der Waals surface area contributed by atoms with Crippen LogP contribution in [-0.4, -0.2) is 18.2 Å². The standard InChI is InChI=1S/C30H32O3/c1-28-13-19-14-29(2,16-28)18-30(15-19,17-28)25-12-23(8-9-26(25)33-3)21-4-5-22-11-24(27(31)32)7-6-20(22)10-21/h4-12,19H,13-18H2,1-3H3,(H,31,32). The molecule has 3 heteroatoms. The van der Waals surface area contributed by atoms with Gasteiger partial charge in [0.05, 0.1) is 12.7 Å². The summed E-state index contributed by atoms with van der Waals surface area (Å²) in [6.45, 7) is 5.05. The van der Waals surface area contributed by atoms with Crippen LogP contribution < -0.4 is 4.74 Å². The van der Waals surface area contributed by atoms with E-state index in [2.05, 4.69) is 44.2 Å². The second kappa shape index (κ2) is 6.85. The number of aromatic carboxylic acids is 1. The highest BCUT2D eigenvalue weighted by molar-refractivity contribution is 5.95. The summed E-state index contributed by atoms with van der Waals surface area (Å²) in [6.07, 6.45) is 7.95. The fraction of sp³-hybridized carbons (Fsp3) is 0.433. The van der Waals surface area contributed by atoms with Crippen LogP contribution in [0.2, 0.25) is 0 Å². The lowest BCUT2D eigenvalue weighted by molar-refractivity contribution is -0.110. The fourth-order valence-electron chi connectivity index (χ4n) is 8.61.